The van der Waals surface area contributed by atoms with Gasteiger partial charge >= 0.3 is 6.09 Å². The van der Waals surface area contributed by atoms with Gasteiger partial charge in [-0.15, -0.1) is 0 Å². The number of hydrogen-bond donors (Lipinski definition) is 2. The maximum absolute atomic E-state index is 14.1. The molecule has 9 nitrogen and oxygen atoms in total. The molecule has 0 saturated carbocycles. The molecule has 3 aromatic rings. The molecule has 2 N–H and O–H groups in total. The number of fused-ring (bicyclic) bond motifs is 1. The minimum Gasteiger partial charge on any atom is -0.444 e. The Labute approximate surface area is 252 Å². The van der Waals surface area contributed by atoms with E-state index in [1.807, 2.05) is 61.5 Å². The molecule has 43 heavy (non-hydrogen) atoms. The normalized spacial score (nSPS) is 19.2. The zero-order chi connectivity index (χ0) is 31.1. The van der Waals surface area contributed by atoms with Gasteiger partial charge in [-0.3, -0.25) is 24.2 Å². The summed E-state index contributed by atoms with van der Waals surface area (Å²) >= 11 is 0. The van der Waals surface area contributed by atoms with Crippen molar-refractivity contribution < 1.29 is 23.9 Å². The van der Waals surface area contributed by atoms with Crippen LogP contribution in [-0.4, -0.2) is 59.5 Å². The van der Waals surface area contributed by atoms with Crippen LogP contribution >= 0.6 is 0 Å². The van der Waals surface area contributed by atoms with E-state index in [4.69, 9.17) is 4.74 Å². The van der Waals surface area contributed by atoms with Crippen LogP contribution < -0.4 is 15.5 Å². The van der Waals surface area contributed by atoms with Gasteiger partial charge in [0.15, 0.2) is 0 Å². The topological polar surface area (TPSA) is 108 Å². The zero-order valence-corrected chi connectivity index (χ0v) is 25.6. The first-order valence-corrected chi connectivity index (χ1v) is 14.8. The fourth-order valence-electron chi connectivity index (χ4n) is 5.80. The van der Waals surface area contributed by atoms with Crippen LogP contribution in [0.3, 0.4) is 0 Å². The number of ether oxygens (including phenoxy) is 1. The van der Waals surface area contributed by atoms with Gasteiger partial charge in [0.05, 0.1) is 11.7 Å². The van der Waals surface area contributed by atoms with Crippen LogP contribution in [-0.2, 0) is 32.0 Å². The second-order valence-electron chi connectivity index (χ2n) is 12.6. The van der Waals surface area contributed by atoms with Gasteiger partial charge in [-0.25, -0.2) is 4.79 Å². The van der Waals surface area contributed by atoms with E-state index in [0.29, 0.717) is 19.3 Å². The van der Waals surface area contributed by atoms with Gasteiger partial charge in [0.1, 0.15) is 23.7 Å². The summed E-state index contributed by atoms with van der Waals surface area (Å²) in [5.74, 6) is -1.05. The number of likely N-dealkylation sites (N-methyl/N-ethyl adjacent to an activating group) is 1. The highest BCUT2D eigenvalue weighted by Gasteiger charge is 2.44. The van der Waals surface area contributed by atoms with E-state index in [1.54, 1.807) is 32.6 Å². The molecule has 0 unspecified atom stereocenters. The molecule has 2 aliphatic heterocycles. The van der Waals surface area contributed by atoms with Gasteiger partial charge in [0.25, 0.3) is 0 Å². The Balaban J connectivity index is 1.33. The van der Waals surface area contributed by atoms with Gasteiger partial charge in [0.2, 0.25) is 17.7 Å². The lowest BCUT2D eigenvalue weighted by Crippen LogP contribution is -2.57. The number of nitrogens with one attached hydrogen (secondary N) is 2. The molecule has 2 heterocycles. The van der Waals surface area contributed by atoms with Gasteiger partial charge in [0, 0.05) is 13.5 Å². The SMILES string of the molecule is C[C@@H](NC(=O)[C@@H]1Cc2cccc3c2N1C(=O)[C@@H](NC(=O)[C@H](C)N(C)C(=O)OC(C)(C)C)CC3)c1ccc2ccccc2c1. The standard InChI is InChI=1S/C34H40N4O5/c1-20(24-15-14-22-10-7-8-11-25(22)18-24)35-31(40)28-19-26-13-9-12-23-16-17-27(32(41)38(28)29(23)26)36-30(39)21(2)37(6)33(42)43-34(3,4)5/h7-15,18,20-21,27-28H,16-17,19H2,1-6H3,(H,35,40)(H,36,39)/t20-,21+,27+,28+/m1/s1. The smallest absolute Gasteiger partial charge is 0.410 e. The third-order valence-corrected chi connectivity index (χ3v) is 8.30. The first-order valence-electron chi connectivity index (χ1n) is 14.8. The quantitative estimate of drug-likeness (QED) is 0.438. The van der Waals surface area contributed by atoms with Crippen LogP contribution in [0.5, 0.6) is 0 Å². The average molecular weight is 585 g/mol. The summed E-state index contributed by atoms with van der Waals surface area (Å²) in [6.07, 6.45) is 0.705. The van der Waals surface area contributed by atoms with Gasteiger partial charge in [-0.05, 0) is 81.0 Å². The molecule has 2 aliphatic rings. The highest BCUT2D eigenvalue weighted by atomic mass is 16.6. The van der Waals surface area contributed by atoms with E-state index in [1.165, 1.54) is 11.9 Å². The van der Waals surface area contributed by atoms with Crippen molar-refractivity contribution in [3.63, 3.8) is 0 Å². The van der Waals surface area contributed by atoms with Crippen LogP contribution in [0.15, 0.2) is 60.7 Å². The predicted octanol–water partition coefficient (Wildman–Crippen LogP) is 4.66. The molecule has 0 spiro atoms. The molecule has 9 heteroatoms. The van der Waals surface area contributed by atoms with Crippen molar-refractivity contribution in [2.75, 3.05) is 11.9 Å². The molecule has 226 valence electrons. The van der Waals surface area contributed by atoms with Crippen molar-refractivity contribution >= 4 is 40.3 Å². The van der Waals surface area contributed by atoms with E-state index >= 15 is 0 Å². The fourth-order valence-corrected chi connectivity index (χ4v) is 5.80. The molecule has 0 bridgehead atoms. The summed E-state index contributed by atoms with van der Waals surface area (Å²) in [5, 5.41) is 8.20. The lowest BCUT2D eigenvalue weighted by molar-refractivity contribution is -0.131. The van der Waals surface area contributed by atoms with Crippen molar-refractivity contribution in [2.45, 2.75) is 83.6 Å². The summed E-state index contributed by atoms with van der Waals surface area (Å²) < 4.78 is 5.40. The summed E-state index contributed by atoms with van der Waals surface area (Å²) in [7, 11) is 1.49. The summed E-state index contributed by atoms with van der Waals surface area (Å²) in [5.41, 5.74) is 2.94. The highest BCUT2D eigenvalue weighted by Crippen LogP contribution is 2.39. The third kappa shape index (κ3) is 6.21. The van der Waals surface area contributed by atoms with Crippen molar-refractivity contribution in [1.29, 1.82) is 0 Å². The Morgan fingerprint density at radius 2 is 1.67 bits per heavy atom. The van der Waals surface area contributed by atoms with Crippen LogP contribution in [0, 0.1) is 0 Å². The van der Waals surface area contributed by atoms with E-state index in [9.17, 15) is 19.2 Å². The van der Waals surface area contributed by atoms with E-state index < -0.39 is 35.7 Å². The van der Waals surface area contributed by atoms with Crippen molar-refractivity contribution in [2.24, 2.45) is 0 Å². The number of para-hydroxylation sites is 1. The monoisotopic (exact) mass is 584 g/mol. The van der Waals surface area contributed by atoms with Gasteiger partial charge in [-0.2, -0.15) is 0 Å². The number of carbonyl (C=O) groups excluding carboxylic acids is 4. The Morgan fingerprint density at radius 3 is 2.40 bits per heavy atom. The van der Waals surface area contributed by atoms with Crippen LogP contribution in [0.2, 0.25) is 0 Å². The molecule has 0 radical (unpaired) electrons. The molecular formula is C34H40N4O5. The first-order chi connectivity index (χ1) is 20.3. The molecule has 4 atom stereocenters. The minimum atomic E-state index is -0.871. The molecule has 3 aromatic carbocycles. The lowest BCUT2D eigenvalue weighted by atomic mass is 10.0. The first kappa shape index (κ1) is 30.1. The third-order valence-electron chi connectivity index (χ3n) is 8.30. The number of carbonyl (C=O) groups is 4. The lowest BCUT2D eigenvalue weighted by Gasteiger charge is -2.31. The Bertz CT molecular complexity index is 1580. The second-order valence-corrected chi connectivity index (χ2v) is 12.6. The summed E-state index contributed by atoms with van der Waals surface area (Å²) in [6.45, 7) is 8.79. The van der Waals surface area contributed by atoms with Crippen LogP contribution in [0.25, 0.3) is 10.8 Å². The number of aryl methyl sites for hydroxylation is 1. The van der Waals surface area contributed by atoms with Gasteiger partial charge in [-0.1, -0.05) is 54.6 Å². The van der Waals surface area contributed by atoms with Crippen LogP contribution in [0.4, 0.5) is 10.5 Å². The number of anilines is 1. The molecule has 0 saturated heterocycles. The molecular weight excluding hydrogens is 544 g/mol. The van der Waals surface area contributed by atoms with E-state index in [-0.39, 0.29) is 17.9 Å². The molecule has 0 aromatic heterocycles. The Kier molecular flexibility index (Phi) is 8.18. The number of hydrogen-bond acceptors (Lipinski definition) is 5. The van der Waals surface area contributed by atoms with Crippen LogP contribution in [0.1, 0.15) is 63.8 Å². The van der Waals surface area contributed by atoms with Crippen molar-refractivity contribution in [1.82, 2.24) is 15.5 Å². The summed E-state index contributed by atoms with van der Waals surface area (Å²) in [4.78, 5) is 56.5. The van der Waals surface area contributed by atoms with Crippen molar-refractivity contribution in [3.05, 3.63) is 77.4 Å². The Morgan fingerprint density at radius 1 is 0.977 bits per heavy atom. The molecule has 4 amide bonds. The average Bonchev–Trinajstić information content (AvgIpc) is 3.31. The van der Waals surface area contributed by atoms with Crippen molar-refractivity contribution in [3.8, 4) is 0 Å². The Hall–Kier alpha value is -4.40. The zero-order valence-electron chi connectivity index (χ0n) is 25.6. The molecule has 0 fully saturated rings. The van der Waals surface area contributed by atoms with Gasteiger partial charge < -0.3 is 15.4 Å². The summed E-state index contributed by atoms with van der Waals surface area (Å²) in [6, 6.07) is 17.3. The largest absolute Gasteiger partial charge is 0.444 e. The number of benzene rings is 3. The maximum atomic E-state index is 14.1. The highest BCUT2D eigenvalue weighted by molar-refractivity contribution is 6.08. The molecule has 0 aliphatic carbocycles. The minimum absolute atomic E-state index is 0.249. The fraction of sp³-hybridized carbons (Fsp3) is 0.412. The van der Waals surface area contributed by atoms with E-state index in [0.717, 1.165) is 33.2 Å². The number of amides is 4. The number of rotatable bonds is 6. The second kappa shape index (κ2) is 11.7. The number of nitrogens with zero attached hydrogens (tertiary/aromatic N) is 2. The van der Waals surface area contributed by atoms with E-state index in [2.05, 4.69) is 16.7 Å². The predicted molar refractivity (Wildman–Crippen MR) is 166 cm³/mol. The molecule has 5 rings (SSSR count). The maximum Gasteiger partial charge on any atom is 0.410 e.